The van der Waals surface area contributed by atoms with Crippen LogP contribution < -0.4 is 10.6 Å². The van der Waals surface area contributed by atoms with Gasteiger partial charge >= 0.3 is 0 Å². The summed E-state index contributed by atoms with van der Waals surface area (Å²) in [6.07, 6.45) is 1.33. The first-order valence-corrected chi connectivity index (χ1v) is 8.02. The van der Waals surface area contributed by atoms with Gasteiger partial charge in [-0.2, -0.15) is 0 Å². The van der Waals surface area contributed by atoms with E-state index < -0.39 is 16.7 Å². The van der Waals surface area contributed by atoms with Crippen molar-refractivity contribution in [3.8, 4) is 0 Å². The van der Waals surface area contributed by atoms with Crippen molar-refractivity contribution in [3.05, 3.63) is 73.9 Å². The van der Waals surface area contributed by atoms with E-state index in [4.69, 9.17) is 23.2 Å². The smallest absolute Gasteiger partial charge is 0.272 e. The van der Waals surface area contributed by atoms with Crippen LogP contribution in [0.1, 0.15) is 12.5 Å². The summed E-state index contributed by atoms with van der Waals surface area (Å²) in [5, 5.41) is 16.4. The van der Waals surface area contributed by atoms with Crippen molar-refractivity contribution >= 4 is 52.5 Å². The second kappa shape index (κ2) is 8.46. The number of non-ortho nitro benzene ring substituents is 1. The van der Waals surface area contributed by atoms with Gasteiger partial charge in [-0.3, -0.25) is 19.7 Å². The third kappa shape index (κ3) is 5.30. The van der Waals surface area contributed by atoms with E-state index in [-0.39, 0.29) is 16.4 Å². The maximum absolute atomic E-state index is 12.5. The van der Waals surface area contributed by atoms with Crippen LogP contribution in [0.25, 0.3) is 6.08 Å². The number of nitrogens with zero attached hydrogens (tertiary/aromatic N) is 1. The molecule has 2 rings (SSSR count). The van der Waals surface area contributed by atoms with E-state index >= 15 is 0 Å². The summed E-state index contributed by atoms with van der Waals surface area (Å²) in [5.74, 6) is -1.09. The van der Waals surface area contributed by atoms with Crippen LogP contribution in [-0.2, 0) is 9.59 Å². The summed E-state index contributed by atoms with van der Waals surface area (Å²) in [6, 6.07) is 10.2. The molecular formula is C17H13Cl2N3O4. The Morgan fingerprint density at radius 3 is 2.46 bits per heavy atom. The highest BCUT2D eigenvalue weighted by Gasteiger charge is 2.13. The Bertz CT molecular complexity index is 913. The van der Waals surface area contributed by atoms with Crippen LogP contribution in [0, 0.1) is 10.1 Å². The van der Waals surface area contributed by atoms with Gasteiger partial charge in [-0.25, -0.2) is 0 Å². The lowest BCUT2D eigenvalue weighted by Gasteiger charge is -2.10. The fraction of sp³-hybridized carbons (Fsp3) is 0.0588. The quantitative estimate of drug-likeness (QED) is 0.454. The van der Waals surface area contributed by atoms with E-state index in [0.29, 0.717) is 16.3 Å². The number of anilines is 1. The molecule has 0 aromatic heterocycles. The van der Waals surface area contributed by atoms with Crippen LogP contribution in [0.2, 0.25) is 10.0 Å². The summed E-state index contributed by atoms with van der Waals surface area (Å²) in [5.41, 5.74) is 0.543. The number of hydrogen-bond donors (Lipinski definition) is 2. The van der Waals surface area contributed by atoms with Crippen molar-refractivity contribution in [2.45, 2.75) is 6.92 Å². The highest BCUT2D eigenvalue weighted by Crippen LogP contribution is 2.25. The van der Waals surface area contributed by atoms with Crippen LogP contribution >= 0.6 is 23.2 Å². The lowest BCUT2D eigenvalue weighted by Crippen LogP contribution is -2.28. The molecule has 134 valence electrons. The van der Waals surface area contributed by atoms with Crippen molar-refractivity contribution in [1.82, 2.24) is 5.32 Å². The molecule has 0 aliphatic heterocycles. The summed E-state index contributed by atoms with van der Waals surface area (Å²) < 4.78 is 0. The maximum atomic E-state index is 12.5. The predicted molar refractivity (Wildman–Crippen MR) is 100.0 cm³/mol. The largest absolute Gasteiger partial charge is 0.322 e. The SMILES string of the molecule is CC(=O)N/C(=C\c1cccc([N+](=O)[O-])c1)C(=O)Nc1ccc(Cl)c(Cl)c1. The minimum atomic E-state index is -0.620. The van der Waals surface area contributed by atoms with Crippen LogP contribution in [0.5, 0.6) is 0 Å². The van der Waals surface area contributed by atoms with E-state index in [2.05, 4.69) is 10.6 Å². The lowest BCUT2D eigenvalue weighted by molar-refractivity contribution is -0.384. The van der Waals surface area contributed by atoms with E-state index in [9.17, 15) is 19.7 Å². The van der Waals surface area contributed by atoms with Gasteiger partial charge in [-0.05, 0) is 29.8 Å². The lowest BCUT2D eigenvalue weighted by atomic mass is 10.1. The average Bonchev–Trinajstić information content (AvgIpc) is 2.57. The third-order valence-corrected chi connectivity index (χ3v) is 3.86. The zero-order valence-electron chi connectivity index (χ0n) is 13.5. The number of benzene rings is 2. The molecule has 26 heavy (non-hydrogen) atoms. The van der Waals surface area contributed by atoms with Crippen molar-refractivity contribution in [3.63, 3.8) is 0 Å². The first-order chi connectivity index (χ1) is 12.3. The van der Waals surface area contributed by atoms with Crippen LogP contribution in [-0.4, -0.2) is 16.7 Å². The number of rotatable bonds is 5. The van der Waals surface area contributed by atoms with E-state index in [1.54, 1.807) is 12.1 Å². The average molecular weight is 394 g/mol. The summed E-state index contributed by atoms with van der Waals surface area (Å²) in [4.78, 5) is 34.2. The number of hydrogen-bond acceptors (Lipinski definition) is 4. The van der Waals surface area contributed by atoms with Gasteiger partial charge in [-0.15, -0.1) is 0 Å². The van der Waals surface area contributed by atoms with Crippen LogP contribution in [0.3, 0.4) is 0 Å². The number of carbonyl (C=O) groups excluding carboxylic acids is 2. The molecule has 2 aromatic rings. The zero-order chi connectivity index (χ0) is 19.3. The van der Waals surface area contributed by atoms with Crippen LogP contribution in [0.4, 0.5) is 11.4 Å². The van der Waals surface area contributed by atoms with Gasteiger partial charge in [0.25, 0.3) is 11.6 Å². The fourth-order valence-corrected chi connectivity index (χ4v) is 2.31. The fourth-order valence-electron chi connectivity index (χ4n) is 2.02. The highest BCUT2D eigenvalue weighted by molar-refractivity contribution is 6.42. The van der Waals surface area contributed by atoms with Gasteiger partial charge < -0.3 is 10.6 Å². The van der Waals surface area contributed by atoms with Crippen molar-refractivity contribution in [2.75, 3.05) is 5.32 Å². The molecule has 0 saturated heterocycles. The highest BCUT2D eigenvalue weighted by atomic mass is 35.5. The van der Waals surface area contributed by atoms with E-state index in [0.717, 1.165) is 0 Å². The Balaban J connectivity index is 2.32. The molecule has 2 aromatic carbocycles. The van der Waals surface area contributed by atoms with Gasteiger partial charge in [0.1, 0.15) is 5.70 Å². The van der Waals surface area contributed by atoms with Gasteiger partial charge in [0.15, 0.2) is 0 Å². The molecule has 0 heterocycles. The monoisotopic (exact) mass is 393 g/mol. The van der Waals surface area contributed by atoms with Crippen molar-refractivity contribution in [2.24, 2.45) is 0 Å². The molecule has 0 aliphatic rings. The van der Waals surface area contributed by atoms with Crippen molar-refractivity contribution in [1.29, 1.82) is 0 Å². The minimum Gasteiger partial charge on any atom is -0.322 e. The topological polar surface area (TPSA) is 101 Å². The molecule has 0 fully saturated rings. The maximum Gasteiger partial charge on any atom is 0.272 e. The Kier molecular flexibility index (Phi) is 6.32. The first kappa shape index (κ1) is 19.4. The minimum absolute atomic E-state index is 0.0796. The molecule has 0 aliphatic carbocycles. The number of carbonyl (C=O) groups is 2. The normalized spacial score (nSPS) is 11.0. The van der Waals surface area contributed by atoms with E-state index in [1.807, 2.05) is 0 Å². The van der Waals surface area contributed by atoms with Crippen LogP contribution in [0.15, 0.2) is 48.2 Å². The second-order valence-corrected chi connectivity index (χ2v) is 5.99. The number of nitro groups is 1. The molecule has 9 heteroatoms. The molecule has 0 saturated carbocycles. The third-order valence-electron chi connectivity index (χ3n) is 3.12. The van der Waals surface area contributed by atoms with Gasteiger partial charge in [0.05, 0.1) is 15.0 Å². The standard InChI is InChI=1S/C17H13Cl2N3O4/c1-10(23)20-16(8-11-3-2-4-13(7-11)22(25)26)17(24)21-12-5-6-14(18)15(19)9-12/h2-9H,1H3,(H,20,23)(H,21,24)/b16-8-. The molecule has 0 radical (unpaired) electrons. The molecule has 7 nitrogen and oxygen atoms in total. The Morgan fingerprint density at radius 2 is 1.85 bits per heavy atom. The van der Waals surface area contributed by atoms with Crippen molar-refractivity contribution < 1.29 is 14.5 Å². The Hall–Kier alpha value is -2.90. The molecule has 0 bridgehead atoms. The predicted octanol–water partition coefficient (Wildman–Crippen LogP) is 4.02. The Labute approximate surface area is 158 Å². The molecular weight excluding hydrogens is 381 g/mol. The first-order valence-electron chi connectivity index (χ1n) is 7.26. The number of nitro benzene ring substituents is 1. The molecule has 2 N–H and O–H groups in total. The summed E-state index contributed by atoms with van der Waals surface area (Å²) in [6.45, 7) is 1.24. The van der Waals surface area contributed by atoms with Gasteiger partial charge in [-0.1, -0.05) is 35.3 Å². The second-order valence-electron chi connectivity index (χ2n) is 5.17. The molecule has 2 amide bonds. The number of halogens is 2. The summed E-state index contributed by atoms with van der Waals surface area (Å²) >= 11 is 11.7. The van der Waals surface area contributed by atoms with Gasteiger partial charge in [0, 0.05) is 24.7 Å². The summed E-state index contributed by atoms with van der Waals surface area (Å²) in [7, 11) is 0. The molecule has 0 atom stereocenters. The van der Waals surface area contributed by atoms with E-state index in [1.165, 1.54) is 43.3 Å². The van der Waals surface area contributed by atoms with Gasteiger partial charge in [0.2, 0.25) is 5.91 Å². The molecule has 0 spiro atoms. The number of amides is 2. The number of nitrogens with one attached hydrogen (secondary N) is 2. The molecule has 0 unspecified atom stereocenters. The Morgan fingerprint density at radius 1 is 1.12 bits per heavy atom. The zero-order valence-corrected chi connectivity index (χ0v) is 15.0.